The number of carbonyl (C=O) groups is 1. The average molecular weight is 297 g/mol. The van der Waals surface area contributed by atoms with Gasteiger partial charge in [-0.05, 0) is 26.0 Å². The highest BCUT2D eigenvalue weighted by Gasteiger charge is 2.15. The highest BCUT2D eigenvalue weighted by molar-refractivity contribution is 5.75. The second-order valence-electron chi connectivity index (χ2n) is 4.58. The van der Waals surface area contributed by atoms with Crippen molar-refractivity contribution in [2.75, 3.05) is 0 Å². The van der Waals surface area contributed by atoms with Gasteiger partial charge >= 0.3 is 0 Å². The van der Waals surface area contributed by atoms with Gasteiger partial charge in [-0.25, -0.2) is 8.78 Å². The molecule has 0 radical (unpaired) electrons. The molecule has 8 heteroatoms. The molecule has 0 aliphatic rings. The zero-order valence-corrected chi connectivity index (χ0v) is 11.9. The monoisotopic (exact) mass is 297 g/mol. The van der Waals surface area contributed by atoms with Gasteiger partial charge in [0.05, 0.1) is 12.2 Å². The van der Waals surface area contributed by atoms with Gasteiger partial charge in [0.25, 0.3) is 6.43 Å². The van der Waals surface area contributed by atoms with Crippen LogP contribution in [0.3, 0.4) is 0 Å². The summed E-state index contributed by atoms with van der Waals surface area (Å²) in [6, 6.07) is 3.10. The molecule has 0 unspecified atom stereocenters. The van der Waals surface area contributed by atoms with Crippen LogP contribution in [0.25, 0.3) is 0 Å². The minimum absolute atomic E-state index is 0.0845. The first-order chi connectivity index (χ1) is 10.0. The number of nitrogens with one attached hydrogen (secondary N) is 1. The molecule has 0 aliphatic carbocycles. The summed E-state index contributed by atoms with van der Waals surface area (Å²) < 4.78 is 28.1. The van der Waals surface area contributed by atoms with Crippen LogP contribution in [0.1, 0.15) is 30.4 Å². The molecule has 2 heterocycles. The summed E-state index contributed by atoms with van der Waals surface area (Å²) in [5.41, 5.74) is 1.10. The highest BCUT2D eigenvalue weighted by atomic mass is 19.3. The fourth-order valence-electron chi connectivity index (χ4n) is 1.98. The first-order valence-electron chi connectivity index (χ1n) is 6.61. The number of hydrogen-bond acceptors (Lipinski definition) is 3. The van der Waals surface area contributed by atoms with E-state index in [1.165, 1.54) is 10.7 Å². The molecule has 0 atom stereocenters. The van der Waals surface area contributed by atoms with Crippen LogP contribution in [0.2, 0.25) is 0 Å². The van der Waals surface area contributed by atoms with Crippen molar-refractivity contribution in [3.8, 4) is 0 Å². The summed E-state index contributed by atoms with van der Waals surface area (Å²) in [6.07, 6.45) is -0.968. The molecular formula is C13H17F2N5O. The molecule has 1 N–H and O–H groups in total. The Balaban J connectivity index is 1.93. The summed E-state index contributed by atoms with van der Waals surface area (Å²) in [5.74, 6) is -0.286. The fourth-order valence-corrected chi connectivity index (χ4v) is 1.98. The van der Waals surface area contributed by atoms with E-state index in [1.807, 2.05) is 13.0 Å². The summed E-state index contributed by atoms with van der Waals surface area (Å²) in [5, 5.41) is 10.5. The lowest BCUT2D eigenvalue weighted by Gasteiger charge is -2.08. The molecule has 0 bridgehead atoms. The molecule has 0 fully saturated rings. The first kappa shape index (κ1) is 15.1. The van der Waals surface area contributed by atoms with Crippen molar-refractivity contribution in [2.24, 2.45) is 0 Å². The van der Waals surface area contributed by atoms with Gasteiger partial charge in [-0.1, -0.05) is 0 Å². The van der Waals surface area contributed by atoms with E-state index in [1.54, 1.807) is 17.8 Å². The molecule has 114 valence electrons. The van der Waals surface area contributed by atoms with Gasteiger partial charge in [0.15, 0.2) is 0 Å². The summed E-state index contributed by atoms with van der Waals surface area (Å²) in [7, 11) is 0. The van der Waals surface area contributed by atoms with Crippen LogP contribution in [-0.2, 0) is 24.4 Å². The van der Waals surface area contributed by atoms with E-state index < -0.39 is 6.43 Å². The summed E-state index contributed by atoms with van der Waals surface area (Å²) >= 11 is 0. The van der Waals surface area contributed by atoms with Crippen LogP contribution in [0.15, 0.2) is 18.3 Å². The predicted molar refractivity (Wildman–Crippen MR) is 71.7 cm³/mol. The summed E-state index contributed by atoms with van der Waals surface area (Å²) in [4.78, 5) is 11.8. The number of nitrogens with zero attached hydrogens (tertiary/aromatic N) is 4. The quantitative estimate of drug-likeness (QED) is 0.882. The van der Waals surface area contributed by atoms with Crippen LogP contribution < -0.4 is 5.32 Å². The van der Waals surface area contributed by atoms with E-state index in [0.717, 1.165) is 5.69 Å². The Bertz CT molecular complexity index is 620. The van der Waals surface area contributed by atoms with E-state index in [4.69, 9.17) is 0 Å². The van der Waals surface area contributed by atoms with Gasteiger partial charge in [0, 0.05) is 18.4 Å². The zero-order chi connectivity index (χ0) is 15.4. The SMILES string of the molecule is CCn1nccc1CNC(=O)Cn1nc(C(F)F)cc1C. The molecule has 21 heavy (non-hydrogen) atoms. The molecule has 0 saturated heterocycles. The van der Waals surface area contributed by atoms with E-state index in [-0.39, 0.29) is 18.1 Å². The average Bonchev–Trinajstić information content (AvgIpc) is 3.03. The van der Waals surface area contributed by atoms with E-state index in [2.05, 4.69) is 15.5 Å². The van der Waals surface area contributed by atoms with Gasteiger partial charge in [0.2, 0.25) is 5.91 Å². The molecule has 0 aliphatic heterocycles. The number of aryl methyl sites for hydroxylation is 2. The smallest absolute Gasteiger partial charge is 0.282 e. The van der Waals surface area contributed by atoms with E-state index in [0.29, 0.717) is 18.8 Å². The maximum Gasteiger partial charge on any atom is 0.282 e. The molecule has 2 aromatic heterocycles. The number of halogens is 2. The van der Waals surface area contributed by atoms with Crippen molar-refractivity contribution in [1.82, 2.24) is 24.9 Å². The van der Waals surface area contributed by atoms with Gasteiger partial charge in [-0.2, -0.15) is 10.2 Å². The third-order valence-corrected chi connectivity index (χ3v) is 3.09. The number of amides is 1. The molecule has 0 spiro atoms. The lowest BCUT2D eigenvalue weighted by molar-refractivity contribution is -0.122. The van der Waals surface area contributed by atoms with Crippen LogP contribution in [-0.4, -0.2) is 25.5 Å². The maximum atomic E-state index is 12.5. The Kier molecular flexibility index (Phi) is 4.66. The molecule has 0 aromatic carbocycles. The topological polar surface area (TPSA) is 64.7 Å². The Morgan fingerprint density at radius 1 is 1.43 bits per heavy atom. The standard InChI is InChI=1S/C13H17F2N5O/c1-3-19-10(4-5-17-19)7-16-12(21)8-20-9(2)6-11(18-20)13(14)15/h4-6,13H,3,7-8H2,1-2H3,(H,16,21). The number of carbonyl (C=O) groups excluding carboxylic acids is 1. The molecular weight excluding hydrogens is 280 g/mol. The maximum absolute atomic E-state index is 12.5. The normalized spacial score (nSPS) is 11.1. The van der Waals surface area contributed by atoms with Crippen molar-refractivity contribution in [3.63, 3.8) is 0 Å². The first-order valence-corrected chi connectivity index (χ1v) is 6.61. The lowest BCUT2D eigenvalue weighted by Crippen LogP contribution is -2.29. The van der Waals surface area contributed by atoms with Crippen LogP contribution in [0, 0.1) is 6.92 Å². The largest absolute Gasteiger partial charge is 0.349 e. The molecule has 0 saturated carbocycles. The van der Waals surface area contributed by atoms with Crippen LogP contribution in [0.5, 0.6) is 0 Å². The van der Waals surface area contributed by atoms with E-state index >= 15 is 0 Å². The van der Waals surface area contributed by atoms with Crippen molar-refractivity contribution < 1.29 is 13.6 Å². The summed E-state index contributed by atoms with van der Waals surface area (Å²) in [6.45, 7) is 4.57. The zero-order valence-electron chi connectivity index (χ0n) is 11.9. The highest BCUT2D eigenvalue weighted by Crippen LogP contribution is 2.17. The fraction of sp³-hybridized carbons (Fsp3) is 0.462. The second kappa shape index (κ2) is 6.47. The van der Waals surface area contributed by atoms with Gasteiger partial charge in [-0.15, -0.1) is 0 Å². The predicted octanol–water partition coefficient (Wildman–Crippen LogP) is 1.66. The van der Waals surface area contributed by atoms with Crippen molar-refractivity contribution in [3.05, 3.63) is 35.4 Å². The Labute approximate surface area is 120 Å². The molecule has 2 aromatic rings. The van der Waals surface area contributed by atoms with Gasteiger partial charge in [-0.3, -0.25) is 14.2 Å². The number of rotatable bonds is 6. The van der Waals surface area contributed by atoms with Gasteiger partial charge in [0.1, 0.15) is 12.2 Å². The van der Waals surface area contributed by atoms with Crippen molar-refractivity contribution >= 4 is 5.91 Å². The Hall–Kier alpha value is -2.25. The number of aromatic nitrogens is 4. The Morgan fingerprint density at radius 2 is 2.19 bits per heavy atom. The minimum atomic E-state index is -2.63. The van der Waals surface area contributed by atoms with Crippen molar-refractivity contribution in [2.45, 2.75) is 39.9 Å². The van der Waals surface area contributed by atoms with Crippen LogP contribution >= 0.6 is 0 Å². The van der Waals surface area contributed by atoms with Gasteiger partial charge < -0.3 is 5.32 Å². The minimum Gasteiger partial charge on any atom is -0.349 e. The molecule has 2 rings (SSSR count). The Morgan fingerprint density at radius 3 is 2.81 bits per heavy atom. The third kappa shape index (κ3) is 3.65. The number of hydrogen-bond donors (Lipinski definition) is 1. The molecule has 1 amide bonds. The molecule has 6 nitrogen and oxygen atoms in total. The second-order valence-corrected chi connectivity index (χ2v) is 4.58. The van der Waals surface area contributed by atoms with E-state index in [9.17, 15) is 13.6 Å². The third-order valence-electron chi connectivity index (χ3n) is 3.09. The lowest BCUT2D eigenvalue weighted by atomic mass is 10.4. The number of alkyl halides is 2. The van der Waals surface area contributed by atoms with Crippen LogP contribution in [0.4, 0.5) is 8.78 Å². The van der Waals surface area contributed by atoms with Crippen molar-refractivity contribution in [1.29, 1.82) is 0 Å².